The molecule has 4 rings (SSSR count). The molecule has 1 saturated carbocycles. The quantitative estimate of drug-likeness (QED) is 0.490. The van der Waals surface area contributed by atoms with Gasteiger partial charge in [0.25, 0.3) is 5.91 Å². The van der Waals surface area contributed by atoms with Crippen molar-refractivity contribution in [1.29, 1.82) is 0 Å². The highest BCUT2D eigenvalue weighted by Crippen LogP contribution is 2.39. The van der Waals surface area contributed by atoms with E-state index >= 15 is 0 Å². The predicted molar refractivity (Wildman–Crippen MR) is 142 cm³/mol. The summed E-state index contributed by atoms with van der Waals surface area (Å²) in [5, 5.41) is 3.09. The van der Waals surface area contributed by atoms with Crippen molar-refractivity contribution in [3.63, 3.8) is 0 Å². The molecular formula is C29H44N4O3. The number of hydrogen-bond acceptors (Lipinski definition) is 4. The molecule has 7 heteroatoms. The van der Waals surface area contributed by atoms with E-state index in [0.29, 0.717) is 51.5 Å². The van der Waals surface area contributed by atoms with Gasteiger partial charge in [-0.25, -0.2) is 0 Å². The van der Waals surface area contributed by atoms with Crippen LogP contribution in [0.3, 0.4) is 0 Å². The fraction of sp³-hybridized carbons (Fsp3) is 0.690. The van der Waals surface area contributed by atoms with Gasteiger partial charge in [-0.3, -0.25) is 14.4 Å². The van der Waals surface area contributed by atoms with Crippen molar-refractivity contribution in [2.45, 2.75) is 89.5 Å². The molecule has 3 aliphatic rings. The zero-order chi connectivity index (χ0) is 25.4. The maximum atomic E-state index is 13.8. The van der Waals surface area contributed by atoms with E-state index in [4.69, 9.17) is 0 Å². The number of anilines is 1. The molecule has 2 saturated heterocycles. The summed E-state index contributed by atoms with van der Waals surface area (Å²) in [5.74, 6) is 0.720. The Morgan fingerprint density at radius 1 is 1.00 bits per heavy atom. The largest absolute Gasteiger partial charge is 0.354 e. The lowest BCUT2D eigenvalue weighted by Gasteiger charge is -2.43. The van der Waals surface area contributed by atoms with E-state index in [1.165, 1.54) is 38.5 Å². The number of unbranched alkanes of at least 4 members (excludes halogenated alkanes) is 3. The number of nitrogens with one attached hydrogen (secondary N) is 1. The van der Waals surface area contributed by atoms with Crippen LogP contribution in [0.4, 0.5) is 5.69 Å². The summed E-state index contributed by atoms with van der Waals surface area (Å²) in [6.45, 7) is 4.56. The summed E-state index contributed by atoms with van der Waals surface area (Å²) in [7, 11) is 0. The van der Waals surface area contributed by atoms with Gasteiger partial charge < -0.3 is 20.0 Å². The van der Waals surface area contributed by atoms with Crippen LogP contribution in [0.2, 0.25) is 0 Å². The Morgan fingerprint density at radius 2 is 1.72 bits per heavy atom. The minimum atomic E-state index is -0.690. The maximum Gasteiger partial charge on any atom is 0.250 e. The number of rotatable bonds is 10. The molecule has 3 fully saturated rings. The van der Waals surface area contributed by atoms with E-state index in [0.717, 1.165) is 24.9 Å². The molecule has 1 aromatic rings. The molecule has 1 spiro atoms. The van der Waals surface area contributed by atoms with Crippen molar-refractivity contribution in [3.8, 4) is 0 Å². The number of amides is 3. The van der Waals surface area contributed by atoms with E-state index < -0.39 is 5.54 Å². The number of para-hydroxylation sites is 1. The minimum Gasteiger partial charge on any atom is -0.354 e. The first-order chi connectivity index (χ1) is 17.5. The molecule has 198 valence electrons. The Balaban J connectivity index is 1.39. The fourth-order valence-corrected chi connectivity index (χ4v) is 6.19. The summed E-state index contributed by atoms with van der Waals surface area (Å²) < 4.78 is 0. The van der Waals surface area contributed by atoms with Crippen LogP contribution in [0, 0.1) is 5.92 Å². The number of hydrogen-bond donors (Lipinski definition) is 1. The van der Waals surface area contributed by atoms with Crippen LogP contribution in [-0.2, 0) is 14.4 Å². The van der Waals surface area contributed by atoms with Crippen molar-refractivity contribution in [1.82, 2.24) is 15.1 Å². The molecule has 2 aliphatic heterocycles. The van der Waals surface area contributed by atoms with Gasteiger partial charge in [0.15, 0.2) is 0 Å². The van der Waals surface area contributed by atoms with Crippen LogP contribution < -0.4 is 10.2 Å². The van der Waals surface area contributed by atoms with Crippen LogP contribution in [0.15, 0.2) is 30.3 Å². The molecule has 3 amide bonds. The van der Waals surface area contributed by atoms with Gasteiger partial charge in [0.1, 0.15) is 12.1 Å². The number of likely N-dealkylation sites (tertiary alicyclic amines) is 1. The van der Waals surface area contributed by atoms with Crippen molar-refractivity contribution >= 4 is 23.4 Å². The van der Waals surface area contributed by atoms with Crippen LogP contribution in [0.1, 0.15) is 84.0 Å². The molecule has 1 aliphatic carbocycles. The van der Waals surface area contributed by atoms with Crippen molar-refractivity contribution in [2.75, 3.05) is 37.7 Å². The lowest BCUT2D eigenvalue weighted by atomic mass is 9.85. The zero-order valence-electron chi connectivity index (χ0n) is 22.1. The standard InChI is InChI=1S/C29H44N4O3/c1-2-3-4-11-16-27(35)31-19-17-29(18-20-31)28(36)32(23-33(29)25-14-9-6-10-15-25)22-26(34)30-21-24-12-7-5-8-13-24/h6,9-10,14-15,24H,2-5,7-8,11-13,16-23H2,1H3,(H,30,34). The summed E-state index contributed by atoms with van der Waals surface area (Å²) in [4.78, 5) is 45.2. The van der Waals surface area contributed by atoms with E-state index in [1.54, 1.807) is 4.90 Å². The first kappa shape index (κ1) is 26.5. The molecule has 7 nitrogen and oxygen atoms in total. The topological polar surface area (TPSA) is 73.0 Å². The summed E-state index contributed by atoms with van der Waals surface area (Å²) in [6.07, 6.45) is 12.3. The highest BCUT2D eigenvalue weighted by Gasteiger charge is 2.54. The van der Waals surface area contributed by atoms with Gasteiger partial charge in [0.05, 0.1) is 6.67 Å². The first-order valence-electron chi connectivity index (χ1n) is 14.2. The van der Waals surface area contributed by atoms with Crippen LogP contribution in [0.5, 0.6) is 0 Å². The monoisotopic (exact) mass is 496 g/mol. The number of nitrogens with zero attached hydrogens (tertiary/aromatic N) is 3. The first-order valence-corrected chi connectivity index (χ1v) is 14.2. The van der Waals surface area contributed by atoms with Crippen LogP contribution in [-0.4, -0.2) is 65.9 Å². The second kappa shape index (κ2) is 12.6. The summed E-state index contributed by atoms with van der Waals surface area (Å²) in [6, 6.07) is 10.0. The van der Waals surface area contributed by atoms with Gasteiger partial charge in [-0.05, 0) is 50.2 Å². The van der Waals surface area contributed by atoms with E-state index in [2.05, 4.69) is 17.1 Å². The molecular weight excluding hydrogens is 452 g/mol. The average Bonchev–Trinajstić information content (AvgIpc) is 3.17. The van der Waals surface area contributed by atoms with Gasteiger partial charge in [0.2, 0.25) is 11.8 Å². The van der Waals surface area contributed by atoms with Crippen LogP contribution in [0.25, 0.3) is 0 Å². The molecule has 0 atom stereocenters. The Hall–Kier alpha value is -2.57. The van der Waals surface area contributed by atoms with Crippen molar-refractivity contribution < 1.29 is 14.4 Å². The molecule has 0 unspecified atom stereocenters. The van der Waals surface area contributed by atoms with Gasteiger partial charge in [0, 0.05) is 31.7 Å². The Morgan fingerprint density at radius 3 is 2.42 bits per heavy atom. The lowest BCUT2D eigenvalue weighted by molar-refractivity contribution is -0.140. The third kappa shape index (κ3) is 6.22. The normalized spacial score (nSPS) is 20.2. The van der Waals surface area contributed by atoms with Crippen molar-refractivity contribution in [2.24, 2.45) is 5.92 Å². The third-order valence-electron chi connectivity index (χ3n) is 8.42. The predicted octanol–water partition coefficient (Wildman–Crippen LogP) is 4.32. The molecule has 1 aromatic carbocycles. The maximum absolute atomic E-state index is 13.8. The Kier molecular flexibility index (Phi) is 9.27. The summed E-state index contributed by atoms with van der Waals surface area (Å²) >= 11 is 0. The molecule has 2 heterocycles. The molecule has 0 radical (unpaired) electrons. The number of benzene rings is 1. The molecule has 36 heavy (non-hydrogen) atoms. The minimum absolute atomic E-state index is 0.0224. The fourth-order valence-electron chi connectivity index (χ4n) is 6.19. The highest BCUT2D eigenvalue weighted by molar-refractivity contribution is 5.96. The second-order valence-corrected chi connectivity index (χ2v) is 10.9. The van der Waals surface area contributed by atoms with E-state index in [9.17, 15) is 14.4 Å². The number of carbonyl (C=O) groups excluding carboxylic acids is 3. The second-order valence-electron chi connectivity index (χ2n) is 10.9. The van der Waals surface area contributed by atoms with E-state index in [-0.39, 0.29) is 24.3 Å². The van der Waals surface area contributed by atoms with Gasteiger partial charge in [-0.2, -0.15) is 0 Å². The smallest absolute Gasteiger partial charge is 0.250 e. The Bertz CT molecular complexity index is 876. The average molecular weight is 497 g/mol. The zero-order valence-corrected chi connectivity index (χ0v) is 22.1. The van der Waals surface area contributed by atoms with Crippen LogP contribution >= 0.6 is 0 Å². The SMILES string of the molecule is CCCCCCC(=O)N1CCC2(CC1)C(=O)N(CC(=O)NCC1CCCCC1)CN2c1ccccc1. The molecule has 0 aromatic heterocycles. The van der Waals surface area contributed by atoms with E-state index in [1.807, 2.05) is 35.2 Å². The Labute approximate surface area is 216 Å². The van der Waals surface area contributed by atoms with Gasteiger partial charge in [-0.15, -0.1) is 0 Å². The summed E-state index contributed by atoms with van der Waals surface area (Å²) in [5.41, 5.74) is 0.305. The van der Waals surface area contributed by atoms with Gasteiger partial charge in [-0.1, -0.05) is 63.6 Å². The molecule has 0 bridgehead atoms. The third-order valence-corrected chi connectivity index (χ3v) is 8.42. The lowest BCUT2D eigenvalue weighted by Crippen LogP contribution is -2.57. The van der Waals surface area contributed by atoms with Gasteiger partial charge >= 0.3 is 0 Å². The number of carbonyl (C=O) groups is 3. The van der Waals surface area contributed by atoms with Crippen molar-refractivity contribution in [3.05, 3.63) is 30.3 Å². The molecule has 1 N–H and O–H groups in total. The highest BCUT2D eigenvalue weighted by atomic mass is 16.2. The number of piperidine rings is 1.